The molecule has 240 valence electrons. The minimum atomic E-state index is 0.895. The molecule has 4 heterocycles. The van der Waals surface area contributed by atoms with Gasteiger partial charge in [-0.1, -0.05) is 103 Å². The molecule has 11 aromatic rings. The van der Waals surface area contributed by atoms with Gasteiger partial charge in [-0.2, -0.15) is 0 Å². The quantitative estimate of drug-likeness (QED) is 0.189. The fraction of sp³-hybridized carbons (Fsp3) is 0. The smallest absolute Gasteiger partial charge is 0.138 e. The van der Waals surface area contributed by atoms with Gasteiger partial charge in [0.25, 0.3) is 0 Å². The van der Waals surface area contributed by atoms with Gasteiger partial charge in [-0.05, 0) is 82.1 Å². The molecule has 0 spiro atoms. The van der Waals surface area contributed by atoms with Gasteiger partial charge in [-0.15, -0.1) is 0 Å². The van der Waals surface area contributed by atoms with Crippen LogP contribution < -0.4 is 0 Å². The number of nitrogens with zero attached hydrogens (tertiary/aromatic N) is 4. The molecule has 7 aromatic carbocycles. The molecule has 52 heavy (non-hydrogen) atoms. The zero-order chi connectivity index (χ0) is 33.9. The maximum absolute atomic E-state index is 5.09. The second-order valence-corrected chi connectivity index (χ2v) is 13.8. The highest BCUT2D eigenvalue weighted by molar-refractivity contribution is 6.19. The van der Waals surface area contributed by atoms with E-state index in [-0.39, 0.29) is 0 Å². The fourth-order valence-corrected chi connectivity index (χ4v) is 8.84. The van der Waals surface area contributed by atoms with Crippen molar-refractivity contribution in [3.63, 3.8) is 0 Å². The van der Waals surface area contributed by atoms with Gasteiger partial charge in [0.05, 0.1) is 27.8 Å². The molecule has 0 unspecified atom stereocenters. The van der Waals surface area contributed by atoms with Crippen molar-refractivity contribution in [3.8, 4) is 45.0 Å². The highest BCUT2D eigenvalue weighted by atomic mass is 15.1. The maximum Gasteiger partial charge on any atom is 0.138 e. The molecule has 4 aromatic heterocycles. The van der Waals surface area contributed by atoms with E-state index in [1.807, 2.05) is 12.4 Å². The first-order valence-corrected chi connectivity index (χ1v) is 17.7. The van der Waals surface area contributed by atoms with Crippen molar-refractivity contribution in [2.75, 3.05) is 0 Å². The van der Waals surface area contributed by atoms with Gasteiger partial charge in [-0.25, -0.2) is 4.98 Å². The molecule has 4 heteroatoms. The summed E-state index contributed by atoms with van der Waals surface area (Å²) in [5.41, 5.74) is 12.8. The molecule has 1 aliphatic carbocycles. The standard InChI is InChI=1S/C48H28N4/c1-2-11-33(12-3-1)51-43-21-18-32(26-39(43)37-20-17-29-9-4-5-13-34(29)48(37)51)31-19-22-44-38(25-31)35-14-6-7-16-42(35)52(44)45-27-40-41(28-50-45)36-15-8-10-30-23-24-49-47(40)46(30)36/h1-28H. The summed E-state index contributed by atoms with van der Waals surface area (Å²) in [7, 11) is 0. The first kappa shape index (κ1) is 27.7. The van der Waals surface area contributed by atoms with Gasteiger partial charge < -0.3 is 4.57 Å². The minimum Gasteiger partial charge on any atom is -0.309 e. The third-order valence-corrected chi connectivity index (χ3v) is 11.1. The molecule has 0 amide bonds. The van der Waals surface area contributed by atoms with E-state index in [4.69, 9.17) is 9.97 Å². The topological polar surface area (TPSA) is 35.6 Å². The highest BCUT2D eigenvalue weighted by Crippen LogP contribution is 2.47. The van der Waals surface area contributed by atoms with Gasteiger partial charge in [0.2, 0.25) is 0 Å². The van der Waals surface area contributed by atoms with Gasteiger partial charge in [0, 0.05) is 61.5 Å². The van der Waals surface area contributed by atoms with Crippen LogP contribution in [0.3, 0.4) is 0 Å². The van der Waals surface area contributed by atoms with E-state index in [1.165, 1.54) is 70.8 Å². The lowest BCUT2D eigenvalue weighted by Gasteiger charge is -2.10. The summed E-state index contributed by atoms with van der Waals surface area (Å²) in [5.74, 6) is 0.895. The number of hydrogen-bond donors (Lipinski definition) is 0. The number of para-hydroxylation sites is 2. The van der Waals surface area contributed by atoms with E-state index in [2.05, 4.69) is 167 Å². The van der Waals surface area contributed by atoms with E-state index >= 15 is 0 Å². The lowest BCUT2D eigenvalue weighted by Crippen LogP contribution is -1.98. The first-order valence-electron chi connectivity index (χ1n) is 17.7. The summed E-state index contributed by atoms with van der Waals surface area (Å²) in [6.45, 7) is 0. The van der Waals surface area contributed by atoms with E-state index in [0.29, 0.717) is 0 Å². The molecule has 0 saturated carbocycles. The molecule has 0 atom stereocenters. The molecule has 12 rings (SSSR count). The van der Waals surface area contributed by atoms with Crippen molar-refractivity contribution in [3.05, 3.63) is 170 Å². The van der Waals surface area contributed by atoms with E-state index < -0.39 is 0 Å². The van der Waals surface area contributed by atoms with Crippen molar-refractivity contribution >= 4 is 65.2 Å². The summed E-state index contributed by atoms with van der Waals surface area (Å²) in [6.07, 6.45) is 3.94. The Labute approximate surface area is 298 Å². The maximum atomic E-state index is 5.09. The number of aromatic nitrogens is 4. The summed E-state index contributed by atoms with van der Waals surface area (Å²) in [4.78, 5) is 9.94. The van der Waals surface area contributed by atoms with Crippen molar-refractivity contribution in [2.24, 2.45) is 0 Å². The Morgan fingerprint density at radius 1 is 0.404 bits per heavy atom. The summed E-state index contributed by atoms with van der Waals surface area (Å²) >= 11 is 0. The van der Waals surface area contributed by atoms with Crippen LogP contribution in [0.25, 0.3) is 110 Å². The number of hydrogen-bond acceptors (Lipinski definition) is 2. The molecule has 0 aliphatic heterocycles. The largest absolute Gasteiger partial charge is 0.309 e. The van der Waals surface area contributed by atoms with Crippen LogP contribution in [-0.4, -0.2) is 19.1 Å². The number of rotatable bonds is 3. The van der Waals surface area contributed by atoms with Gasteiger partial charge in [0.1, 0.15) is 5.82 Å². The van der Waals surface area contributed by atoms with Gasteiger partial charge >= 0.3 is 0 Å². The molecule has 4 nitrogen and oxygen atoms in total. The summed E-state index contributed by atoms with van der Waals surface area (Å²) in [5, 5.41) is 9.84. The summed E-state index contributed by atoms with van der Waals surface area (Å²) in [6, 6.07) is 57.2. The van der Waals surface area contributed by atoms with Crippen LogP contribution in [-0.2, 0) is 0 Å². The van der Waals surface area contributed by atoms with Crippen LogP contribution in [0.4, 0.5) is 0 Å². The Balaban J connectivity index is 1.06. The number of fused-ring (bicyclic) bond motifs is 11. The van der Waals surface area contributed by atoms with Crippen LogP contribution in [0.15, 0.2) is 170 Å². The first-order chi connectivity index (χ1) is 25.8. The Kier molecular flexibility index (Phi) is 5.47. The Morgan fingerprint density at radius 3 is 1.98 bits per heavy atom. The molecular weight excluding hydrogens is 633 g/mol. The zero-order valence-corrected chi connectivity index (χ0v) is 28.0. The van der Waals surface area contributed by atoms with Crippen molar-refractivity contribution in [2.45, 2.75) is 0 Å². The van der Waals surface area contributed by atoms with Crippen LogP contribution in [0.2, 0.25) is 0 Å². The van der Waals surface area contributed by atoms with Crippen molar-refractivity contribution in [1.82, 2.24) is 19.1 Å². The van der Waals surface area contributed by atoms with Gasteiger partial charge in [-0.3, -0.25) is 9.55 Å². The number of pyridine rings is 2. The minimum absolute atomic E-state index is 0.895. The van der Waals surface area contributed by atoms with Crippen LogP contribution in [0.5, 0.6) is 0 Å². The molecule has 0 radical (unpaired) electrons. The van der Waals surface area contributed by atoms with E-state index in [1.54, 1.807) is 0 Å². The normalized spacial score (nSPS) is 12.2. The summed E-state index contributed by atoms with van der Waals surface area (Å²) < 4.78 is 4.73. The predicted molar refractivity (Wildman–Crippen MR) is 216 cm³/mol. The van der Waals surface area contributed by atoms with Crippen LogP contribution in [0.1, 0.15) is 0 Å². The second-order valence-electron chi connectivity index (χ2n) is 13.8. The zero-order valence-electron chi connectivity index (χ0n) is 28.0. The molecule has 0 saturated heterocycles. The predicted octanol–water partition coefficient (Wildman–Crippen LogP) is 12.3. The van der Waals surface area contributed by atoms with Gasteiger partial charge in [0.15, 0.2) is 0 Å². The molecule has 0 N–H and O–H groups in total. The molecule has 0 fully saturated rings. The van der Waals surface area contributed by atoms with E-state index in [9.17, 15) is 0 Å². The van der Waals surface area contributed by atoms with Crippen molar-refractivity contribution in [1.29, 1.82) is 0 Å². The lowest BCUT2D eigenvalue weighted by molar-refractivity contribution is 1.08. The Hall–Kier alpha value is -7.04. The second kappa shape index (κ2) is 10.3. The lowest BCUT2D eigenvalue weighted by atomic mass is 10.00. The fourth-order valence-electron chi connectivity index (χ4n) is 8.84. The monoisotopic (exact) mass is 660 g/mol. The third kappa shape index (κ3) is 3.70. The van der Waals surface area contributed by atoms with Crippen molar-refractivity contribution < 1.29 is 0 Å². The van der Waals surface area contributed by atoms with E-state index in [0.717, 1.165) is 39.4 Å². The van der Waals surface area contributed by atoms with Crippen LogP contribution in [0, 0.1) is 0 Å². The Bertz CT molecular complexity index is 3290. The Morgan fingerprint density at radius 2 is 1.12 bits per heavy atom. The third-order valence-electron chi connectivity index (χ3n) is 11.1. The average Bonchev–Trinajstić information content (AvgIpc) is 3.84. The molecular formula is C48H28N4. The average molecular weight is 661 g/mol. The highest BCUT2D eigenvalue weighted by Gasteiger charge is 2.24. The SMILES string of the molecule is c1ccc(-n2c3ccc(-c4ccc5c(c4)c4ccccc4n5-c4cc5c(cn4)-c4cccc6ccnc-5c46)cc3c3ccc4ccccc4c32)cc1. The molecule has 1 aliphatic rings. The van der Waals surface area contributed by atoms with Crippen LogP contribution >= 0.6 is 0 Å². The number of benzene rings is 7. The molecule has 0 bridgehead atoms.